The molecule has 1 aliphatic rings. The van der Waals surface area contributed by atoms with Gasteiger partial charge in [0.2, 0.25) is 0 Å². The Morgan fingerprint density at radius 3 is 1.71 bits per heavy atom. The van der Waals surface area contributed by atoms with E-state index < -0.39 is 24.2 Å². The topological polar surface area (TPSA) is 9.23 Å². The van der Waals surface area contributed by atoms with Gasteiger partial charge >= 0.3 is 0 Å². The lowest BCUT2D eigenvalue weighted by molar-refractivity contribution is 0.487. The molecule has 45 heavy (non-hydrogen) atoms. The van der Waals surface area contributed by atoms with Crippen LogP contribution in [-0.4, -0.2) is 0 Å². The van der Waals surface area contributed by atoms with Crippen LogP contribution in [0.3, 0.4) is 0 Å². The van der Waals surface area contributed by atoms with Crippen molar-refractivity contribution in [3.63, 3.8) is 0 Å². The summed E-state index contributed by atoms with van der Waals surface area (Å²) in [5.41, 5.74) is 4.85. The molecule has 9 aromatic carbocycles. The SMILES string of the molecule is [2H]c1c([2H])c([2H])c(-c2ccc3c(c2)-c2cc(-c4ccc5ccc6c(-c7c([2H])c([2H])c([2H])c([2H])c7[2H])ccc7ccc4c5c76)cc4cccc(c24)O3)c([2H])c1[2H]. The molecule has 0 aromatic heterocycles. The molecule has 1 heterocycles. The summed E-state index contributed by atoms with van der Waals surface area (Å²) in [5.74, 6) is 1.28. The third kappa shape index (κ3) is 3.62. The average Bonchev–Trinajstić information content (AvgIpc) is 3.20. The van der Waals surface area contributed by atoms with Gasteiger partial charge in [-0.05, 0) is 107 Å². The minimum absolute atomic E-state index is 0.120. The van der Waals surface area contributed by atoms with Crippen LogP contribution in [0.2, 0.25) is 0 Å². The highest BCUT2D eigenvalue weighted by Gasteiger charge is 2.23. The lowest BCUT2D eigenvalue weighted by Crippen LogP contribution is -1.98. The predicted molar refractivity (Wildman–Crippen MR) is 189 cm³/mol. The molecule has 1 nitrogen and oxygen atoms in total. The van der Waals surface area contributed by atoms with Crippen LogP contribution in [0, 0.1) is 0 Å². The minimum Gasteiger partial charge on any atom is -0.456 e. The fourth-order valence-corrected chi connectivity index (χ4v) is 7.00. The zero-order valence-electron chi connectivity index (χ0n) is 33.6. The van der Waals surface area contributed by atoms with Crippen molar-refractivity contribution in [1.82, 2.24) is 0 Å². The van der Waals surface area contributed by atoms with Crippen molar-refractivity contribution >= 4 is 43.1 Å². The molecule has 0 unspecified atom stereocenters. The zero-order valence-corrected chi connectivity index (χ0v) is 23.6. The highest BCUT2D eigenvalue weighted by Crippen LogP contribution is 2.50. The van der Waals surface area contributed by atoms with E-state index in [1.165, 1.54) is 0 Å². The van der Waals surface area contributed by atoms with Crippen molar-refractivity contribution in [3.05, 3.63) is 157 Å². The maximum atomic E-state index is 8.72. The Hall–Kier alpha value is -5.92. The Bertz CT molecular complexity index is 3130. The minimum atomic E-state index is -0.443. The van der Waals surface area contributed by atoms with E-state index in [1.54, 1.807) is 12.1 Å². The highest BCUT2D eigenvalue weighted by molar-refractivity contribution is 6.27. The first-order valence-corrected chi connectivity index (χ1v) is 14.7. The molecule has 0 spiro atoms. The van der Waals surface area contributed by atoms with Gasteiger partial charge < -0.3 is 4.74 Å². The van der Waals surface area contributed by atoms with Gasteiger partial charge in [-0.2, -0.15) is 0 Å². The average molecular weight is 581 g/mol. The van der Waals surface area contributed by atoms with Crippen LogP contribution in [0.15, 0.2) is 157 Å². The molecule has 9 aromatic rings. The van der Waals surface area contributed by atoms with Crippen LogP contribution in [0.5, 0.6) is 11.5 Å². The van der Waals surface area contributed by atoms with Gasteiger partial charge in [0.1, 0.15) is 11.5 Å². The maximum absolute atomic E-state index is 8.72. The van der Waals surface area contributed by atoms with Crippen LogP contribution in [-0.2, 0) is 0 Å². The molecule has 1 heteroatoms. The first kappa shape index (κ1) is 16.8. The van der Waals surface area contributed by atoms with E-state index in [0.717, 1.165) is 65.3 Å². The number of ether oxygens (including phenoxy) is 1. The van der Waals surface area contributed by atoms with Gasteiger partial charge in [-0.15, -0.1) is 0 Å². The Balaban J connectivity index is 1.22. The van der Waals surface area contributed by atoms with E-state index in [2.05, 4.69) is 36.4 Å². The van der Waals surface area contributed by atoms with Crippen LogP contribution >= 0.6 is 0 Å². The van der Waals surface area contributed by atoms with E-state index in [0.29, 0.717) is 22.6 Å². The Morgan fingerprint density at radius 2 is 1.00 bits per heavy atom. The second-order valence-corrected chi connectivity index (χ2v) is 11.3. The number of benzene rings is 9. The number of rotatable bonds is 3. The third-order valence-corrected chi connectivity index (χ3v) is 8.96. The van der Waals surface area contributed by atoms with E-state index in [4.69, 9.17) is 18.4 Å². The largest absolute Gasteiger partial charge is 0.456 e. The molecule has 0 aliphatic carbocycles. The first-order valence-electron chi connectivity index (χ1n) is 19.7. The van der Waals surface area contributed by atoms with Crippen LogP contribution in [0.1, 0.15) is 13.7 Å². The molecule has 0 saturated carbocycles. The zero-order chi connectivity index (χ0) is 38.2. The number of hydrogen-bond donors (Lipinski definition) is 0. The number of hydrogen-bond acceptors (Lipinski definition) is 1. The second kappa shape index (κ2) is 9.29. The summed E-state index contributed by atoms with van der Waals surface area (Å²) < 4.78 is 90.4. The quantitative estimate of drug-likeness (QED) is 0.189. The molecular formula is C44H26O. The van der Waals surface area contributed by atoms with Gasteiger partial charge in [0.25, 0.3) is 0 Å². The molecule has 1 aliphatic heterocycles. The van der Waals surface area contributed by atoms with Crippen LogP contribution in [0.4, 0.5) is 0 Å². The maximum Gasteiger partial charge on any atom is 0.135 e. The highest BCUT2D eigenvalue weighted by atomic mass is 16.5. The van der Waals surface area contributed by atoms with E-state index in [1.807, 2.05) is 48.5 Å². The monoisotopic (exact) mass is 580 g/mol. The smallest absolute Gasteiger partial charge is 0.135 e. The van der Waals surface area contributed by atoms with Crippen molar-refractivity contribution in [1.29, 1.82) is 0 Å². The summed E-state index contributed by atoms with van der Waals surface area (Å²) >= 11 is 0. The normalized spacial score (nSPS) is 15.3. The summed E-state index contributed by atoms with van der Waals surface area (Å²) in [5, 5.41) is 7.51. The van der Waals surface area contributed by atoms with E-state index >= 15 is 0 Å². The van der Waals surface area contributed by atoms with Crippen molar-refractivity contribution in [2.24, 2.45) is 0 Å². The Labute approximate surface area is 275 Å². The Morgan fingerprint density at radius 1 is 0.378 bits per heavy atom. The lowest BCUT2D eigenvalue weighted by atomic mass is 9.85. The molecule has 0 fully saturated rings. The predicted octanol–water partition coefficient (Wildman–Crippen LogP) is 12.5. The fraction of sp³-hybridized carbons (Fsp3) is 0. The van der Waals surface area contributed by atoms with E-state index in [-0.39, 0.29) is 47.4 Å². The van der Waals surface area contributed by atoms with Crippen LogP contribution < -0.4 is 4.74 Å². The summed E-state index contributed by atoms with van der Waals surface area (Å²) in [7, 11) is 0. The molecule has 0 bridgehead atoms. The van der Waals surface area contributed by atoms with Gasteiger partial charge in [-0.3, -0.25) is 0 Å². The summed E-state index contributed by atoms with van der Waals surface area (Å²) in [6.45, 7) is 0. The van der Waals surface area contributed by atoms with Crippen molar-refractivity contribution in [3.8, 4) is 56.0 Å². The molecule has 0 amide bonds. The third-order valence-electron chi connectivity index (χ3n) is 8.96. The van der Waals surface area contributed by atoms with Gasteiger partial charge in [0.15, 0.2) is 0 Å². The molecule has 0 saturated heterocycles. The first-order chi connectivity index (χ1) is 26.4. The summed E-state index contributed by atoms with van der Waals surface area (Å²) in [6.07, 6.45) is 0. The van der Waals surface area contributed by atoms with Crippen LogP contribution in [0.25, 0.3) is 87.6 Å². The standard InChI is InChI=1S/C44H26O/c1-3-8-27(9-4-1)31-18-23-40-38(25-31)39-26-33(24-32-12-7-13-41(45-40)42(32)39)35-20-15-30-16-21-36-34(28-10-5-2-6-11-28)19-14-29-17-22-37(35)44(30)43(29)36/h1-26H/i1D,2D,3D,4D,5D,6D,8D,9D,10D,11D. The molecule has 0 N–H and O–H groups in total. The van der Waals surface area contributed by atoms with Gasteiger partial charge in [-0.25, -0.2) is 0 Å². The summed E-state index contributed by atoms with van der Waals surface area (Å²) in [6, 6.07) is 28.1. The second-order valence-electron chi connectivity index (χ2n) is 11.3. The summed E-state index contributed by atoms with van der Waals surface area (Å²) in [4.78, 5) is 0. The molecule has 0 atom stereocenters. The van der Waals surface area contributed by atoms with E-state index in [9.17, 15) is 0 Å². The molecule has 208 valence electrons. The fourth-order valence-electron chi connectivity index (χ4n) is 7.00. The lowest BCUT2D eigenvalue weighted by Gasteiger charge is -2.23. The van der Waals surface area contributed by atoms with Crippen molar-refractivity contribution in [2.45, 2.75) is 0 Å². The van der Waals surface area contributed by atoms with Gasteiger partial charge in [0, 0.05) is 10.9 Å². The van der Waals surface area contributed by atoms with Gasteiger partial charge in [-0.1, -0.05) is 127 Å². The number of fused-ring (bicyclic) bond motifs is 2. The molecule has 0 radical (unpaired) electrons. The molecular weight excluding hydrogens is 544 g/mol. The van der Waals surface area contributed by atoms with Gasteiger partial charge in [0.05, 0.1) is 13.7 Å². The van der Waals surface area contributed by atoms with Crippen molar-refractivity contribution in [2.75, 3.05) is 0 Å². The molecule has 10 rings (SSSR count). The van der Waals surface area contributed by atoms with Crippen molar-refractivity contribution < 1.29 is 18.4 Å². The Kier molecular flexibility index (Phi) is 3.47.